The number of anilines is 1. The van der Waals surface area contributed by atoms with Gasteiger partial charge < -0.3 is 4.90 Å². The summed E-state index contributed by atoms with van der Waals surface area (Å²) in [6, 6.07) is 5.96. The molecule has 1 aromatic carbocycles. The van der Waals surface area contributed by atoms with E-state index >= 15 is 0 Å². The number of hydrogen-bond acceptors (Lipinski definition) is 2. The number of nitrogens with zero attached hydrogens (tertiary/aromatic N) is 1. The van der Waals surface area contributed by atoms with Crippen molar-refractivity contribution in [2.75, 3.05) is 4.90 Å². The van der Waals surface area contributed by atoms with Gasteiger partial charge in [-0.3, -0.25) is 9.59 Å². The van der Waals surface area contributed by atoms with Gasteiger partial charge >= 0.3 is 0 Å². The van der Waals surface area contributed by atoms with Crippen molar-refractivity contribution in [3.63, 3.8) is 0 Å². The second kappa shape index (κ2) is 8.09. The lowest BCUT2D eigenvalue weighted by Crippen LogP contribution is -2.35. The van der Waals surface area contributed by atoms with E-state index in [4.69, 9.17) is 0 Å². The van der Waals surface area contributed by atoms with Gasteiger partial charge in [0.1, 0.15) is 0 Å². The van der Waals surface area contributed by atoms with Crippen molar-refractivity contribution in [2.45, 2.75) is 70.2 Å². The maximum absolute atomic E-state index is 12.4. The van der Waals surface area contributed by atoms with Crippen molar-refractivity contribution < 1.29 is 9.59 Å². The smallest absolute Gasteiger partial charge is 0.227 e. The van der Waals surface area contributed by atoms with E-state index in [1.807, 2.05) is 23.1 Å². The van der Waals surface area contributed by atoms with Crippen LogP contribution in [0.2, 0.25) is 0 Å². The van der Waals surface area contributed by atoms with Crippen LogP contribution in [0.5, 0.6) is 0 Å². The lowest BCUT2D eigenvalue weighted by Gasteiger charge is -2.22. The van der Waals surface area contributed by atoms with Crippen molar-refractivity contribution in [2.24, 2.45) is 0 Å². The molecular weight excluding hydrogens is 354 g/mol. The van der Waals surface area contributed by atoms with Crippen LogP contribution in [0, 0.1) is 0 Å². The molecule has 0 fully saturated rings. The first kappa shape index (κ1) is 18.2. The van der Waals surface area contributed by atoms with Crippen LogP contribution < -0.4 is 4.90 Å². The number of hydrogen-bond donors (Lipinski definition) is 0. The van der Waals surface area contributed by atoms with Crippen LogP contribution in [-0.4, -0.2) is 22.6 Å². The molecule has 0 saturated carbocycles. The summed E-state index contributed by atoms with van der Waals surface area (Å²) in [5, 5.41) is 0. The molecule has 0 aliphatic carbocycles. The number of fused-ring (bicyclic) bond motifs is 1. The predicted molar refractivity (Wildman–Crippen MR) is 98.6 cm³/mol. The van der Waals surface area contributed by atoms with Crippen molar-refractivity contribution >= 4 is 33.3 Å². The van der Waals surface area contributed by atoms with Gasteiger partial charge in [0.05, 0.1) is 4.83 Å². The number of carbonyl (C=O) groups is 2. The molecule has 0 aromatic heterocycles. The number of ketones is 1. The monoisotopic (exact) mass is 379 g/mol. The SMILES string of the molecule is CCCCC(=O)N1c2ccc(C(=O)C(Br)CCC)cc2CC1C. The van der Waals surface area contributed by atoms with Crippen molar-refractivity contribution in [1.29, 1.82) is 0 Å². The molecule has 0 N–H and O–H groups in total. The molecule has 1 aliphatic heterocycles. The number of amides is 1. The molecule has 0 bridgehead atoms. The summed E-state index contributed by atoms with van der Waals surface area (Å²) in [5.41, 5.74) is 2.84. The van der Waals surface area contributed by atoms with Gasteiger partial charge in [0.15, 0.2) is 5.78 Å². The average molecular weight is 380 g/mol. The molecule has 2 unspecified atom stereocenters. The standard InChI is InChI=1S/C19H26BrNO2/c1-4-6-8-18(22)21-13(3)11-15-12-14(9-10-17(15)21)19(23)16(20)7-5-2/h9-10,12-13,16H,4-8,11H2,1-3H3. The van der Waals surface area contributed by atoms with E-state index in [1.165, 1.54) is 0 Å². The number of carbonyl (C=O) groups excluding carboxylic acids is 2. The van der Waals surface area contributed by atoms with Crippen molar-refractivity contribution in [3.05, 3.63) is 29.3 Å². The maximum Gasteiger partial charge on any atom is 0.227 e. The molecule has 126 valence electrons. The third kappa shape index (κ3) is 4.03. The number of unbranched alkanes of at least 4 members (excludes halogenated alkanes) is 1. The third-order valence-corrected chi connectivity index (χ3v) is 5.29. The Morgan fingerprint density at radius 2 is 2.04 bits per heavy atom. The van der Waals surface area contributed by atoms with Gasteiger partial charge in [-0.15, -0.1) is 0 Å². The summed E-state index contributed by atoms with van der Waals surface area (Å²) in [5.74, 6) is 0.333. The molecule has 1 aromatic rings. The van der Waals surface area contributed by atoms with Gasteiger partial charge in [-0.2, -0.15) is 0 Å². The predicted octanol–water partition coefficient (Wildman–Crippen LogP) is 4.90. The Morgan fingerprint density at radius 3 is 2.70 bits per heavy atom. The van der Waals surface area contributed by atoms with E-state index in [1.54, 1.807) is 0 Å². The maximum atomic E-state index is 12.4. The molecule has 0 saturated heterocycles. The molecular formula is C19H26BrNO2. The zero-order valence-electron chi connectivity index (χ0n) is 14.3. The fourth-order valence-corrected chi connectivity index (χ4v) is 3.90. The van der Waals surface area contributed by atoms with Crippen LogP contribution in [0.3, 0.4) is 0 Å². The fourth-order valence-electron chi connectivity index (χ4n) is 3.18. The van der Waals surface area contributed by atoms with Crippen molar-refractivity contribution in [1.82, 2.24) is 0 Å². The highest BCUT2D eigenvalue weighted by Gasteiger charge is 2.31. The van der Waals surface area contributed by atoms with Gasteiger partial charge in [-0.05, 0) is 49.9 Å². The molecule has 3 nitrogen and oxygen atoms in total. The highest BCUT2D eigenvalue weighted by atomic mass is 79.9. The van der Waals surface area contributed by atoms with E-state index in [0.717, 1.165) is 48.9 Å². The minimum absolute atomic E-state index is 0.119. The average Bonchev–Trinajstić information content (AvgIpc) is 2.86. The summed E-state index contributed by atoms with van der Waals surface area (Å²) in [6.45, 7) is 6.25. The molecule has 4 heteroatoms. The molecule has 23 heavy (non-hydrogen) atoms. The molecule has 0 radical (unpaired) electrons. The second-order valence-corrected chi connectivity index (χ2v) is 7.49. The summed E-state index contributed by atoms with van der Waals surface area (Å²) in [6.07, 6.45) is 5.20. The number of benzene rings is 1. The quantitative estimate of drug-likeness (QED) is 0.498. The second-order valence-electron chi connectivity index (χ2n) is 6.38. The van der Waals surface area contributed by atoms with E-state index < -0.39 is 0 Å². The lowest BCUT2D eigenvalue weighted by atomic mass is 10.0. The topological polar surface area (TPSA) is 37.4 Å². The number of rotatable bonds is 7. The van der Waals surface area contributed by atoms with Gasteiger partial charge in [0.25, 0.3) is 0 Å². The summed E-state index contributed by atoms with van der Waals surface area (Å²) in [4.78, 5) is 26.7. The van der Waals surface area contributed by atoms with Crippen LogP contribution in [0.1, 0.15) is 68.8 Å². The normalized spacial score (nSPS) is 17.9. The largest absolute Gasteiger partial charge is 0.309 e. The van der Waals surface area contributed by atoms with Crippen molar-refractivity contribution in [3.8, 4) is 0 Å². The van der Waals surface area contributed by atoms with Crippen LogP contribution >= 0.6 is 15.9 Å². The summed E-state index contributed by atoms with van der Waals surface area (Å²) >= 11 is 3.48. The van der Waals surface area contributed by atoms with E-state index in [9.17, 15) is 9.59 Å². The Labute approximate surface area is 147 Å². The zero-order chi connectivity index (χ0) is 17.0. The Hall–Kier alpha value is -1.16. The first-order valence-corrected chi connectivity index (χ1v) is 9.54. The highest BCUT2D eigenvalue weighted by Crippen LogP contribution is 2.34. The Morgan fingerprint density at radius 1 is 1.30 bits per heavy atom. The minimum Gasteiger partial charge on any atom is -0.309 e. The first-order chi connectivity index (χ1) is 11.0. The van der Waals surface area contributed by atoms with Crippen LogP contribution in [0.25, 0.3) is 0 Å². The number of halogens is 1. The van der Waals surface area contributed by atoms with Crippen LogP contribution in [-0.2, 0) is 11.2 Å². The molecule has 1 aliphatic rings. The van der Waals surface area contributed by atoms with E-state index in [2.05, 4.69) is 36.7 Å². The van der Waals surface area contributed by atoms with E-state index in [0.29, 0.717) is 6.42 Å². The summed E-state index contributed by atoms with van der Waals surface area (Å²) < 4.78 is 0. The Bertz CT molecular complexity index is 585. The fraction of sp³-hybridized carbons (Fsp3) is 0.579. The third-order valence-electron chi connectivity index (χ3n) is 4.42. The minimum atomic E-state index is -0.119. The van der Waals surface area contributed by atoms with Gasteiger partial charge in [0, 0.05) is 23.7 Å². The lowest BCUT2D eigenvalue weighted by molar-refractivity contribution is -0.119. The number of alkyl halides is 1. The summed E-state index contributed by atoms with van der Waals surface area (Å²) in [7, 11) is 0. The molecule has 1 amide bonds. The molecule has 1 heterocycles. The van der Waals surface area contributed by atoms with Crippen LogP contribution in [0.4, 0.5) is 5.69 Å². The van der Waals surface area contributed by atoms with E-state index in [-0.39, 0.29) is 22.6 Å². The zero-order valence-corrected chi connectivity index (χ0v) is 15.9. The van der Waals surface area contributed by atoms with Gasteiger partial charge in [-0.25, -0.2) is 0 Å². The molecule has 2 rings (SSSR count). The van der Waals surface area contributed by atoms with Gasteiger partial charge in [0.2, 0.25) is 5.91 Å². The first-order valence-electron chi connectivity index (χ1n) is 8.62. The highest BCUT2D eigenvalue weighted by molar-refractivity contribution is 9.10. The van der Waals surface area contributed by atoms with Crippen LogP contribution in [0.15, 0.2) is 18.2 Å². The molecule has 2 atom stereocenters. The number of Topliss-reactive ketones (excluding diaryl/α,β-unsaturated/α-hetero) is 1. The Balaban J connectivity index is 2.21. The van der Waals surface area contributed by atoms with Gasteiger partial charge in [-0.1, -0.05) is 42.6 Å². The molecule has 0 spiro atoms. The Kier molecular flexibility index (Phi) is 6.40.